The molecule has 0 aromatic heterocycles. The van der Waals surface area contributed by atoms with Crippen molar-refractivity contribution in [1.82, 2.24) is 0 Å². The first kappa shape index (κ1) is 9.51. The molecule has 0 spiro atoms. The molecule has 70 valence electrons. The third kappa shape index (κ3) is 1.96. The molecule has 0 heterocycles. The third-order valence-electron chi connectivity index (χ3n) is 1.73. The van der Waals surface area contributed by atoms with Crippen LogP contribution in [0.1, 0.15) is 10.4 Å². The molecule has 0 bridgehead atoms. The first-order valence-corrected chi connectivity index (χ1v) is 3.79. The topological polar surface area (TPSA) is 46.3 Å². The summed E-state index contributed by atoms with van der Waals surface area (Å²) in [7, 11) is 3.61. The predicted octanol–water partition coefficient (Wildman–Crippen LogP) is 0.991. The summed E-state index contributed by atoms with van der Waals surface area (Å²) in [5.74, 6) is -1.33. The van der Waals surface area contributed by atoms with E-state index in [0.717, 1.165) is 5.69 Å². The molecule has 0 aliphatic carbocycles. The first-order chi connectivity index (χ1) is 6.02. The van der Waals surface area contributed by atoms with E-state index in [1.165, 1.54) is 12.1 Å². The molecule has 4 heteroatoms. The van der Waals surface area contributed by atoms with Crippen molar-refractivity contribution in [2.75, 3.05) is 19.0 Å². The molecule has 13 heavy (non-hydrogen) atoms. The minimum Gasteiger partial charge on any atom is -0.378 e. The van der Waals surface area contributed by atoms with Crippen LogP contribution in [0.4, 0.5) is 10.1 Å². The van der Waals surface area contributed by atoms with Crippen LogP contribution in [0.25, 0.3) is 0 Å². The molecule has 0 saturated carbocycles. The maximum absolute atomic E-state index is 13.0. The Kier molecular flexibility index (Phi) is 2.51. The van der Waals surface area contributed by atoms with Gasteiger partial charge in [0.25, 0.3) is 5.91 Å². The fraction of sp³-hybridized carbons (Fsp3) is 0.222. The lowest BCUT2D eigenvalue weighted by molar-refractivity contribution is 0.0996. The lowest BCUT2D eigenvalue weighted by Gasteiger charge is -2.12. The van der Waals surface area contributed by atoms with E-state index >= 15 is 0 Å². The van der Waals surface area contributed by atoms with E-state index in [1.807, 2.05) is 0 Å². The zero-order valence-corrected chi connectivity index (χ0v) is 7.54. The van der Waals surface area contributed by atoms with Gasteiger partial charge in [-0.05, 0) is 18.2 Å². The van der Waals surface area contributed by atoms with Crippen molar-refractivity contribution >= 4 is 11.6 Å². The predicted molar refractivity (Wildman–Crippen MR) is 49.2 cm³/mol. The van der Waals surface area contributed by atoms with Gasteiger partial charge in [0.2, 0.25) is 0 Å². The summed E-state index contributed by atoms with van der Waals surface area (Å²) in [5, 5.41) is 0. The van der Waals surface area contributed by atoms with Crippen LogP contribution in [0, 0.1) is 5.82 Å². The normalized spacial score (nSPS) is 9.77. The fourth-order valence-corrected chi connectivity index (χ4v) is 0.980. The second-order valence-electron chi connectivity index (χ2n) is 2.92. The summed E-state index contributed by atoms with van der Waals surface area (Å²) < 4.78 is 13.0. The molecule has 0 fully saturated rings. The Morgan fingerprint density at radius 1 is 1.46 bits per heavy atom. The van der Waals surface area contributed by atoms with Crippen molar-refractivity contribution in [3.05, 3.63) is 29.6 Å². The Balaban J connectivity index is 3.19. The first-order valence-electron chi connectivity index (χ1n) is 3.79. The Hall–Kier alpha value is -1.58. The molecular weight excluding hydrogens is 171 g/mol. The van der Waals surface area contributed by atoms with Crippen molar-refractivity contribution < 1.29 is 9.18 Å². The molecule has 0 atom stereocenters. The molecule has 0 saturated heterocycles. The number of anilines is 1. The molecule has 1 rings (SSSR count). The van der Waals surface area contributed by atoms with Gasteiger partial charge in [0.15, 0.2) is 0 Å². The number of primary amides is 1. The lowest BCUT2D eigenvalue weighted by Crippen LogP contribution is -2.15. The molecule has 0 aliphatic heterocycles. The van der Waals surface area contributed by atoms with Crippen LogP contribution in [-0.4, -0.2) is 20.0 Å². The highest BCUT2D eigenvalue weighted by atomic mass is 19.1. The average molecular weight is 182 g/mol. The van der Waals surface area contributed by atoms with E-state index in [0.29, 0.717) is 0 Å². The molecule has 1 aromatic rings. The lowest BCUT2D eigenvalue weighted by atomic mass is 10.1. The number of benzene rings is 1. The monoisotopic (exact) mass is 182 g/mol. The summed E-state index contributed by atoms with van der Waals surface area (Å²) in [6.45, 7) is 0. The van der Waals surface area contributed by atoms with Crippen LogP contribution in [0.3, 0.4) is 0 Å². The zero-order valence-electron chi connectivity index (χ0n) is 7.54. The Labute approximate surface area is 76.0 Å². The molecule has 3 nitrogen and oxygen atoms in total. The van der Waals surface area contributed by atoms with Gasteiger partial charge in [-0.3, -0.25) is 4.79 Å². The standard InChI is InChI=1S/C9H11FN2O/c1-12(2)6-3-4-8(10)7(5-6)9(11)13/h3-5H,1-2H3,(H2,11,13). The fourth-order valence-electron chi connectivity index (χ4n) is 0.980. The molecular formula is C9H11FN2O. The second kappa shape index (κ2) is 3.43. The number of rotatable bonds is 2. The van der Waals surface area contributed by atoms with Crippen molar-refractivity contribution in [3.8, 4) is 0 Å². The van der Waals surface area contributed by atoms with Crippen LogP contribution in [0.15, 0.2) is 18.2 Å². The Morgan fingerprint density at radius 3 is 2.54 bits per heavy atom. The summed E-state index contributed by atoms with van der Waals surface area (Å²) in [6.07, 6.45) is 0. The SMILES string of the molecule is CN(C)c1ccc(F)c(C(N)=O)c1. The Bertz CT molecular complexity index is 336. The number of hydrogen-bond donors (Lipinski definition) is 1. The third-order valence-corrected chi connectivity index (χ3v) is 1.73. The number of carbonyl (C=O) groups excluding carboxylic acids is 1. The van der Waals surface area contributed by atoms with E-state index in [4.69, 9.17) is 5.73 Å². The van der Waals surface area contributed by atoms with Gasteiger partial charge in [-0.15, -0.1) is 0 Å². The highest BCUT2D eigenvalue weighted by molar-refractivity contribution is 5.94. The van der Waals surface area contributed by atoms with Gasteiger partial charge in [-0.25, -0.2) is 4.39 Å². The molecule has 1 amide bonds. The number of hydrogen-bond acceptors (Lipinski definition) is 2. The minimum atomic E-state index is -0.749. The number of halogens is 1. The number of nitrogens with zero attached hydrogens (tertiary/aromatic N) is 1. The van der Waals surface area contributed by atoms with Crippen LogP contribution in [0.2, 0.25) is 0 Å². The van der Waals surface area contributed by atoms with Crippen LogP contribution >= 0.6 is 0 Å². The summed E-state index contributed by atoms with van der Waals surface area (Å²) in [4.78, 5) is 12.5. The summed E-state index contributed by atoms with van der Waals surface area (Å²) in [5.41, 5.74) is 5.65. The minimum absolute atomic E-state index is 0.0776. The molecule has 1 aromatic carbocycles. The highest BCUT2D eigenvalue weighted by Gasteiger charge is 2.09. The van der Waals surface area contributed by atoms with Gasteiger partial charge in [0.1, 0.15) is 5.82 Å². The average Bonchev–Trinajstić information content (AvgIpc) is 2.04. The van der Waals surface area contributed by atoms with Gasteiger partial charge in [0.05, 0.1) is 5.56 Å². The zero-order chi connectivity index (χ0) is 10.0. The molecule has 2 N–H and O–H groups in total. The van der Waals surface area contributed by atoms with Gasteiger partial charge in [0, 0.05) is 19.8 Å². The van der Waals surface area contributed by atoms with Gasteiger partial charge in [-0.1, -0.05) is 0 Å². The molecule has 0 unspecified atom stereocenters. The van der Waals surface area contributed by atoms with E-state index in [2.05, 4.69) is 0 Å². The van der Waals surface area contributed by atoms with Gasteiger partial charge < -0.3 is 10.6 Å². The quantitative estimate of drug-likeness (QED) is 0.741. The number of carbonyl (C=O) groups is 1. The second-order valence-corrected chi connectivity index (χ2v) is 2.92. The largest absolute Gasteiger partial charge is 0.378 e. The van der Waals surface area contributed by atoms with Crippen LogP contribution in [-0.2, 0) is 0 Å². The maximum atomic E-state index is 13.0. The smallest absolute Gasteiger partial charge is 0.251 e. The van der Waals surface area contributed by atoms with E-state index in [-0.39, 0.29) is 5.56 Å². The number of amides is 1. The van der Waals surface area contributed by atoms with E-state index in [1.54, 1.807) is 25.1 Å². The van der Waals surface area contributed by atoms with Gasteiger partial charge >= 0.3 is 0 Å². The summed E-state index contributed by atoms with van der Waals surface area (Å²) in [6, 6.07) is 4.24. The molecule has 0 radical (unpaired) electrons. The van der Waals surface area contributed by atoms with Crippen LogP contribution < -0.4 is 10.6 Å². The summed E-state index contributed by atoms with van der Waals surface area (Å²) >= 11 is 0. The van der Waals surface area contributed by atoms with Crippen LogP contribution in [0.5, 0.6) is 0 Å². The Morgan fingerprint density at radius 2 is 2.08 bits per heavy atom. The number of nitrogens with two attached hydrogens (primary N) is 1. The van der Waals surface area contributed by atoms with Crippen molar-refractivity contribution in [2.24, 2.45) is 5.73 Å². The van der Waals surface area contributed by atoms with E-state index < -0.39 is 11.7 Å². The van der Waals surface area contributed by atoms with Gasteiger partial charge in [-0.2, -0.15) is 0 Å². The van der Waals surface area contributed by atoms with Crippen molar-refractivity contribution in [3.63, 3.8) is 0 Å². The maximum Gasteiger partial charge on any atom is 0.251 e. The highest BCUT2D eigenvalue weighted by Crippen LogP contribution is 2.16. The van der Waals surface area contributed by atoms with E-state index in [9.17, 15) is 9.18 Å². The van der Waals surface area contributed by atoms with Crippen molar-refractivity contribution in [2.45, 2.75) is 0 Å². The van der Waals surface area contributed by atoms with Crippen molar-refractivity contribution in [1.29, 1.82) is 0 Å². The molecule has 0 aliphatic rings.